The van der Waals surface area contributed by atoms with Crippen molar-refractivity contribution in [1.29, 1.82) is 0 Å². The largest absolute Gasteiger partial charge is 0.357 e. The molecular formula is C22H33FIN7. The molecule has 0 spiro atoms. The minimum Gasteiger partial charge on any atom is -0.357 e. The van der Waals surface area contributed by atoms with E-state index in [1.54, 1.807) is 12.3 Å². The van der Waals surface area contributed by atoms with Crippen molar-refractivity contribution < 1.29 is 4.39 Å². The average Bonchev–Trinajstić information content (AvgIpc) is 3.22. The Morgan fingerprint density at radius 3 is 2.68 bits per heavy atom. The van der Waals surface area contributed by atoms with Crippen LogP contribution in [0.2, 0.25) is 0 Å². The van der Waals surface area contributed by atoms with Gasteiger partial charge in [0.05, 0.1) is 6.54 Å². The Morgan fingerprint density at radius 2 is 2.03 bits per heavy atom. The monoisotopic (exact) mass is 541 g/mol. The summed E-state index contributed by atoms with van der Waals surface area (Å²) in [6.07, 6.45) is 4.42. The summed E-state index contributed by atoms with van der Waals surface area (Å²) in [4.78, 5) is 17.7. The Bertz CT molecular complexity index is 827. The predicted molar refractivity (Wildman–Crippen MR) is 136 cm³/mol. The van der Waals surface area contributed by atoms with Crippen LogP contribution in [-0.4, -0.2) is 54.7 Å². The van der Waals surface area contributed by atoms with Gasteiger partial charge in [0.25, 0.3) is 0 Å². The first-order valence-corrected chi connectivity index (χ1v) is 10.7. The van der Waals surface area contributed by atoms with Gasteiger partial charge in [-0.25, -0.2) is 19.4 Å². The van der Waals surface area contributed by atoms with Crippen molar-refractivity contribution in [1.82, 2.24) is 20.6 Å². The quantitative estimate of drug-likeness (QED) is 0.304. The molecule has 170 valence electrons. The van der Waals surface area contributed by atoms with Crippen LogP contribution in [-0.2, 0) is 6.54 Å². The standard InChI is InChI=1S/C22H32FN7.HI/c1-4-24-22(27-15-17-9-10-20(26-14-17)29(5-2)6-3)28-18-11-13-30(16-18)21-19(23)8-7-12-25-21;/h7-10,12,14,18H,4-6,11,13,15-16H2,1-3H3,(H2,24,27,28);1H. The molecule has 0 bridgehead atoms. The molecule has 0 radical (unpaired) electrons. The highest BCUT2D eigenvalue weighted by Crippen LogP contribution is 2.20. The summed E-state index contributed by atoms with van der Waals surface area (Å²) in [5, 5.41) is 6.77. The van der Waals surface area contributed by atoms with Gasteiger partial charge < -0.3 is 20.4 Å². The first-order chi connectivity index (χ1) is 14.6. The van der Waals surface area contributed by atoms with E-state index in [2.05, 4.69) is 51.5 Å². The SMILES string of the molecule is CCNC(=NCc1ccc(N(CC)CC)nc1)NC1CCN(c2ncccc2F)C1.I. The summed E-state index contributed by atoms with van der Waals surface area (Å²) in [5.74, 6) is 1.90. The van der Waals surface area contributed by atoms with E-state index in [1.165, 1.54) is 6.07 Å². The van der Waals surface area contributed by atoms with Gasteiger partial charge in [0, 0.05) is 51.2 Å². The number of hydrogen-bond donors (Lipinski definition) is 2. The molecule has 3 heterocycles. The molecule has 31 heavy (non-hydrogen) atoms. The van der Waals surface area contributed by atoms with Gasteiger partial charge in [-0.05, 0) is 51.0 Å². The van der Waals surface area contributed by atoms with Crippen molar-refractivity contribution in [2.24, 2.45) is 4.99 Å². The molecule has 0 aromatic carbocycles. The van der Waals surface area contributed by atoms with E-state index >= 15 is 0 Å². The number of hydrogen-bond acceptors (Lipinski definition) is 5. The molecule has 9 heteroatoms. The first-order valence-electron chi connectivity index (χ1n) is 10.7. The van der Waals surface area contributed by atoms with Crippen LogP contribution >= 0.6 is 24.0 Å². The van der Waals surface area contributed by atoms with Crippen molar-refractivity contribution >= 4 is 41.6 Å². The Kier molecular flexibility index (Phi) is 10.2. The van der Waals surface area contributed by atoms with Gasteiger partial charge in [-0.3, -0.25) is 0 Å². The molecule has 2 aromatic heterocycles. The first kappa shape index (κ1) is 25.1. The summed E-state index contributed by atoms with van der Waals surface area (Å²) in [6, 6.07) is 7.38. The highest BCUT2D eigenvalue weighted by molar-refractivity contribution is 14.0. The lowest BCUT2D eigenvalue weighted by atomic mass is 10.2. The van der Waals surface area contributed by atoms with Crippen LogP contribution in [0.4, 0.5) is 16.0 Å². The van der Waals surface area contributed by atoms with Crippen molar-refractivity contribution in [3.8, 4) is 0 Å². The third-order valence-electron chi connectivity index (χ3n) is 5.23. The normalized spacial score (nSPS) is 16.1. The maximum atomic E-state index is 14.0. The second-order valence-corrected chi connectivity index (χ2v) is 7.28. The van der Waals surface area contributed by atoms with Crippen LogP contribution < -0.4 is 20.4 Å². The van der Waals surface area contributed by atoms with Gasteiger partial charge in [0.15, 0.2) is 17.6 Å². The van der Waals surface area contributed by atoms with E-state index in [0.29, 0.717) is 18.9 Å². The molecule has 1 unspecified atom stereocenters. The maximum Gasteiger partial charge on any atom is 0.191 e. The number of guanidine groups is 1. The van der Waals surface area contributed by atoms with Crippen LogP contribution in [0.1, 0.15) is 32.8 Å². The van der Waals surface area contributed by atoms with Crippen LogP contribution in [0, 0.1) is 5.82 Å². The zero-order chi connectivity index (χ0) is 21.3. The molecule has 2 aromatic rings. The lowest BCUT2D eigenvalue weighted by Gasteiger charge is -2.20. The number of aliphatic imine (C=N–C) groups is 1. The van der Waals surface area contributed by atoms with Crippen LogP contribution in [0.5, 0.6) is 0 Å². The second-order valence-electron chi connectivity index (χ2n) is 7.28. The van der Waals surface area contributed by atoms with Crippen molar-refractivity contribution in [3.63, 3.8) is 0 Å². The fraction of sp³-hybridized carbons (Fsp3) is 0.500. The van der Waals surface area contributed by atoms with Crippen LogP contribution in [0.3, 0.4) is 0 Å². The van der Waals surface area contributed by atoms with Gasteiger partial charge in [-0.2, -0.15) is 0 Å². The molecule has 1 atom stereocenters. The molecule has 1 aliphatic rings. The van der Waals surface area contributed by atoms with E-state index < -0.39 is 0 Å². The minimum absolute atomic E-state index is 0. The fourth-order valence-corrected chi connectivity index (χ4v) is 3.61. The zero-order valence-corrected chi connectivity index (χ0v) is 20.8. The van der Waals surface area contributed by atoms with Gasteiger partial charge in [0.1, 0.15) is 5.82 Å². The van der Waals surface area contributed by atoms with Crippen molar-refractivity contribution in [3.05, 3.63) is 48.0 Å². The molecule has 1 aliphatic heterocycles. The topological polar surface area (TPSA) is 68.7 Å². The summed E-state index contributed by atoms with van der Waals surface area (Å²) >= 11 is 0. The number of nitrogens with one attached hydrogen (secondary N) is 2. The van der Waals surface area contributed by atoms with E-state index in [4.69, 9.17) is 4.99 Å². The van der Waals surface area contributed by atoms with Crippen LogP contribution in [0.25, 0.3) is 0 Å². The fourth-order valence-electron chi connectivity index (χ4n) is 3.61. The lowest BCUT2D eigenvalue weighted by Crippen LogP contribution is -2.44. The molecule has 0 aliphatic carbocycles. The predicted octanol–water partition coefficient (Wildman–Crippen LogP) is 3.41. The van der Waals surface area contributed by atoms with E-state index in [-0.39, 0.29) is 35.8 Å². The number of anilines is 2. The molecule has 1 saturated heterocycles. The third kappa shape index (κ3) is 6.91. The Labute approximate surface area is 201 Å². The van der Waals surface area contributed by atoms with Gasteiger partial charge in [0.2, 0.25) is 0 Å². The third-order valence-corrected chi connectivity index (χ3v) is 5.23. The summed E-state index contributed by atoms with van der Waals surface area (Å²) < 4.78 is 14.0. The van der Waals surface area contributed by atoms with Gasteiger partial charge >= 0.3 is 0 Å². The minimum atomic E-state index is -0.278. The molecule has 1 fully saturated rings. The highest BCUT2D eigenvalue weighted by atomic mass is 127. The Morgan fingerprint density at radius 1 is 1.23 bits per heavy atom. The number of rotatable bonds is 8. The van der Waals surface area contributed by atoms with E-state index in [0.717, 1.165) is 49.9 Å². The number of nitrogens with zero attached hydrogens (tertiary/aromatic N) is 5. The van der Waals surface area contributed by atoms with E-state index in [1.807, 2.05) is 18.0 Å². The maximum absolute atomic E-state index is 14.0. The zero-order valence-electron chi connectivity index (χ0n) is 18.5. The second kappa shape index (κ2) is 12.6. The molecule has 2 N–H and O–H groups in total. The molecule has 0 saturated carbocycles. The number of aromatic nitrogens is 2. The van der Waals surface area contributed by atoms with Crippen molar-refractivity contribution in [2.45, 2.75) is 39.8 Å². The molecule has 7 nitrogen and oxygen atoms in total. The summed E-state index contributed by atoms with van der Waals surface area (Å²) in [5.41, 5.74) is 1.06. The molecule has 3 rings (SSSR count). The summed E-state index contributed by atoms with van der Waals surface area (Å²) in [6.45, 7) is 11.0. The Balaban J connectivity index is 0.00000341. The van der Waals surface area contributed by atoms with Crippen LogP contribution in [0.15, 0.2) is 41.7 Å². The summed E-state index contributed by atoms with van der Waals surface area (Å²) in [7, 11) is 0. The average molecular weight is 541 g/mol. The molecule has 0 amide bonds. The van der Waals surface area contributed by atoms with E-state index in [9.17, 15) is 4.39 Å². The lowest BCUT2D eigenvalue weighted by molar-refractivity contribution is 0.612. The Hall–Kier alpha value is -2.17. The highest BCUT2D eigenvalue weighted by Gasteiger charge is 2.25. The van der Waals surface area contributed by atoms with Gasteiger partial charge in [-0.1, -0.05) is 6.07 Å². The van der Waals surface area contributed by atoms with Gasteiger partial charge in [-0.15, -0.1) is 24.0 Å². The molecular weight excluding hydrogens is 508 g/mol. The number of pyridine rings is 2. The van der Waals surface area contributed by atoms with Crippen molar-refractivity contribution in [2.75, 3.05) is 42.5 Å². The number of halogens is 2. The smallest absolute Gasteiger partial charge is 0.191 e.